The number of carbonyl (C=O) groups excluding carboxylic acids is 2. The smallest absolute Gasteiger partial charge is 0.352 e. The van der Waals surface area contributed by atoms with Gasteiger partial charge in [0.25, 0.3) is 5.91 Å². The van der Waals surface area contributed by atoms with Crippen LogP contribution in [0.2, 0.25) is 0 Å². The fourth-order valence-electron chi connectivity index (χ4n) is 3.27. The molecule has 170 valence electrons. The zero-order valence-corrected chi connectivity index (χ0v) is 20.9. The van der Waals surface area contributed by atoms with Crippen LogP contribution < -0.4 is 5.32 Å². The summed E-state index contributed by atoms with van der Waals surface area (Å²) >= 11 is 5.82. The van der Waals surface area contributed by atoms with Crippen molar-refractivity contribution in [2.24, 2.45) is 0 Å². The summed E-state index contributed by atoms with van der Waals surface area (Å²) in [6, 6.07) is 2.64. The van der Waals surface area contributed by atoms with Gasteiger partial charge in [0.05, 0.1) is 30.4 Å². The number of hydrogen-bond acceptors (Lipinski definition) is 9. The van der Waals surface area contributed by atoms with Gasteiger partial charge in [-0.25, -0.2) is 9.78 Å². The van der Waals surface area contributed by atoms with Crippen molar-refractivity contribution in [3.63, 3.8) is 0 Å². The Balaban J connectivity index is 1.40. The van der Waals surface area contributed by atoms with Crippen molar-refractivity contribution < 1.29 is 23.7 Å². The molecule has 4 heterocycles. The molecule has 0 aromatic carbocycles. The van der Waals surface area contributed by atoms with Gasteiger partial charge >= 0.3 is 5.97 Å². The number of amides is 2. The quantitative estimate of drug-likeness (QED) is 0.376. The van der Waals surface area contributed by atoms with E-state index in [-0.39, 0.29) is 11.4 Å². The highest BCUT2D eigenvalue weighted by Gasteiger charge is 2.54. The second kappa shape index (κ2) is 10.1. The largest absolute Gasteiger partial charge is 0.477 e. The Morgan fingerprint density at radius 1 is 1.44 bits per heavy atom. The maximum atomic E-state index is 12.7. The van der Waals surface area contributed by atoms with Crippen molar-refractivity contribution in [1.29, 1.82) is 0 Å². The lowest BCUT2D eigenvalue weighted by Gasteiger charge is -2.49. The lowest BCUT2D eigenvalue weighted by atomic mass is 10.0. The van der Waals surface area contributed by atoms with Gasteiger partial charge in [0, 0.05) is 11.5 Å². The van der Waals surface area contributed by atoms with Crippen LogP contribution in [0.5, 0.6) is 0 Å². The number of nitrogens with one attached hydrogen (secondary N) is 1. The van der Waals surface area contributed by atoms with Gasteiger partial charge in [0.2, 0.25) is 5.91 Å². The van der Waals surface area contributed by atoms with E-state index in [0.29, 0.717) is 21.3 Å². The minimum atomic E-state index is -1.47. The van der Waals surface area contributed by atoms with Crippen LogP contribution in [0.15, 0.2) is 43.4 Å². The first-order valence-corrected chi connectivity index (χ1v) is 14.6. The number of aryl methyl sites for hydroxylation is 1. The number of carboxylic acids is 1. The maximum Gasteiger partial charge on any atom is 0.352 e. The van der Waals surface area contributed by atoms with Gasteiger partial charge < -0.3 is 10.4 Å². The molecule has 2 amide bonds. The maximum absolute atomic E-state index is 12.7. The standard InChI is InChI=1S/C19H19N3O5S5/c1-2-12-20-6-13(31-12)29-7-10-8-30-18-15(17(24)22(18)16(10)19(25)26)21-11(23)9-32(27)14-4-3-5-28-14/h3-6,15,18H,2,7-9H2,1H3,(H,21,23)(H,25,26)/t15?,18-,32?/m1/s1. The van der Waals surface area contributed by atoms with E-state index in [2.05, 4.69) is 10.3 Å². The number of aromatic nitrogens is 1. The summed E-state index contributed by atoms with van der Waals surface area (Å²) < 4.78 is 13.8. The molecule has 3 atom stereocenters. The SMILES string of the molecule is CCc1ncc(SCC2=C(C(=O)O)N3C(=O)C(NC(=O)CS(=O)c4cccs4)[C@H]3SC2)s1. The molecule has 1 fully saturated rings. The molecule has 2 aliphatic heterocycles. The molecule has 2 aliphatic rings. The Bertz CT molecular complexity index is 1100. The average Bonchev–Trinajstić information content (AvgIpc) is 3.47. The van der Waals surface area contributed by atoms with Crippen LogP contribution in [0.3, 0.4) is 0 Å². The number of rotatable bonds is 9. The van der Waals surface area contributed by atoms with Crippen molar-refractivity contribution in [3.8, 4) is 0 Å². The Labute approximate surface area is 203 Å². The van der Waals surface area contributed by atoms with Gasteiger partial charge in [-0.3, -0.25) is 18.7 Å². The zero-order chi connectivity index (χ0) is 22.8. The van der Waals surface area contributed by atoms with E-state index in [1.165, 1.54) is 39.8 Å². The lowest BCUT2D eigenvalue weighted by Crippen LogP contribution is -2.70. The molecule has 0 aliphatic carbocycles. The van der Waals surface area contributed by atoms with E-state index < -0.39 is 40.0 Å². The fourth-order valence-corrected chi connectivity index (χ4v) is 8.64. The molecule has 4 rings (SSSR count). The first kappa shape index (κ1) is 23.5. The third-order valence-electron chi connectivity index (χ3n) is 4.77. The summed E-state index contributed by atoms with van der Waals surface area (Å²) in [4.78, 5) is 42.6. The van der Waals surface area contributed by atoms with Gasteiger partial charge in [0.1, 0.15) is 22.9 Å². The minimum Gasteiger partial charge on any atom is -0.477 e. The molecule has 0 radical (unpaired) electrons. The van der Waals surface area contributed by atoms with Crippen LogP contribution in [0.1, 0.15) is 11.9 Å². The van der Waals surface area contributed by atoms with Crippen molar-refractivity contribution in [1.82, 2.24) is 15.2 Å². The van der Waals surface area contributed by atoms with Gasteiger partial charge in [-0.1, -0.05) is 13.0 Å². The highest BCUT2D eigenvalue weighted by atomic mass is 32.2. The van der Waals surface area contributed by atoms with E-state index in [9.17, 15) is 23.7 Å². The van der Waals surface area contributed by atoms with Gasteiger partial charge in [-0.05, 0) is 23.4 Å². The van der Waals surface area contributed by atoms with E-state index in [1.807, 2.05) is 6.92 Å². The van der Waals surface area contributed by atoms with Crippen LogP contribution in [0, 0.1) is 0 Å². The number of β-lactam (4-membered cyclic amide) rings is 1. The number of thioether (sulfide) groups is 2. The number of hydrogen-bond donors (Lipinski definition) is 2. The Morgan fingerprint density at radius 3 is 2.91 bits per heavy atom. The van der Waals surface area contributed by atoms with Crippen molar-refractivity contribution in [2.45, 2.75) is 33.2 Å². The second-order valence-corrected chi connectivity index (χ2v) is 13.0. The fraction of sp³-hybridized carbons (Fsp3) is 0.368. The normalized spacial score (nSPS) is 21.2. The molecule has 0 saturated carbocycles. The number of aliphatic carboxylic acids is 1. The minimum absolute atomic E-state index is 0.000795. The van der Waals surface area contributed by atoms with E-state index in [4.69, 9.17) is 0 Å². The Hall–Kier alpha value is -1.67. The van der Waals surface area contributed by atoms with Crippen molar-refractivity contribution in [2.75, 3.05) is 17.3 Å². The van der Waals surface area contributed by atoms with Crippen molar-refractivity contribution >= 4 is 74.8 Å². The molecule has 0 spiro atoms. The van der Waals surface area contributed by atoms with Crippen molar-refractivity contribution in [3.05, 3.63) is 40.0 Å². The molecule has 2 N–H and O–H groups in total. The second-order valence-electron chi connectivity index (χ2n) is 6.85. The molecule has 32 heavy (non-hydrogen) atoms. The monoisotopic (exact) mass is 529 g/mol. The number of thiazole rings is 1. The third kappa shape index (κ3) is 4.81. The van der Waals surface area contributed by atoms with Crippen LogP contribution in [0.25, 0.3) is 0 Å². The predicted molar refractivity (Wildman–Crippen MR) is 127 cm³/mol. The molecular weight excluding hydrogens is 511 g/mol. The van der Waals surface area contributed by atoms with E-state index in [1.54, 1.807) is 35.0 Å². The Morgan fingerprint density at radius 2 is 2.25 bits per heavy atom. The number of fused-ring (bicyclic) bond motifs is 1. The number of nitrogens with zero attached hydrogens (tertiary/aromatic N) is 2. The number of carboxylic acid groups (broad SMARTS) is 1. The number of carbonyl (C=O) groups is 3. The molecule has 0 bridgehead atoms. The molecule has 2 unspecified atom stereocenters. The van der Waals surface area contributed by atoms with Gasteiger partial charge in [-0.15, -0.1) is 46.2 Å². The van der Waals surface area contributed by atoms with Crippen LogP contribution >= 0.6 is 46.2 Å². The zero-order valence-electron chi connectivity index (χ0n) is 16.8. The lowest BCUT2D eigenvalue weighted by molar-refractivity contribution is -0.150. The summed E-state index contributed by atoms with van der Waals surface area (Å²) in [5, 5.41) is 14.7. The first-order valence-electron chi connectivity index (χ1n) is 9.57. The summed E-state index contributed by atoms with van der Waals surface area (Å²) in [5.74, 6) is -1.43. The molecule has 8 nitrogen and oxygen atoms in total. The highest BCUT2D eigenvalue weighted by Crippen LogP contribution is 2.42. The molecule has 1 saturated heterocycles. The highest BCUT2D eigenvalue weighted by molar-refractivity contribution is 8.02. The summed E-state index contributed by atoms with van der Waals surface area (Å²) in [6.45, 7) is 2.03. The van der Waals surface area contributed by atoms with Crippen LogP contribution in [-0.4, -0.2) is 65.7 Å². The summed E-state index contributed by atoms with van der Waals surface area (Å²) in [7, 11) is -1.47. The molecular formula is C19H19N3O5S5. The first-order chi connectivity index (χ1) is 15.4. The predicted octanol–water partition coefficient (Wildman–Crippen LogP) is 2.41. The third-order valence-corrected chi connectivity index (χ3v) is 11.2. The van der Waals surface area contributed by atoms with E-state index in [0.717, 1.165) is 15.6 Å². The summed E-state index contributed by atoms with van der Waals surface area (Å²) in [6.07, 6.45) is 2.64. The van der Waals surface area contributed by atoms with Crippen LogP contribution in [0.4, 0.5) is 0 Å². The van der Waals surface area contributed by atoms with E-state index >= 15 is 0 Å². The topological polar surface area (TPSA) is 117 Å². The summed E-state index contributed by atoms with van der Waals surface area (Å²) in [5.41, 5.74) is 0.672. The molecule has 13 heteroatoms. The van der Waals surface area contributed by atoms with Crippen LogP contribution in [-0.2, 0) is 31.6 Å². The molecule has 2 aromatic rings. The number of thiophene rings is 1. The van der Waals surface area contributed by atoms with Gasteiger partial charge in [-0.2, -0.15) is 0 Å². The average molecular weight is 530 g/mol. The molecule has 2 aromatic heterocycles. The Kier molecular flexibility index (Phi) is 7.40. The van der Waals surface area contributed by atoms with Gasteiger partial charge in [0.15, 0.2) is 0 Å².